The van der Waals surface area contributed by atoms with Crippen LogP contribution in [0.1, 0.15) is 19.8 Å². The Morgan fingerprint density at radius 3 is 2.93 bits per heavy atom. The molecule has 14 heavy (non-hydrogen) atoms. The van der Waals surface area contributed by atoms with Gasteiger partial charge in [-0.2, -0.15) is 11.8 Å². The SMILES string of the molecule is CC(NC(=O)C1CSCCN1)C1CC1. The second-order valence-corrected chi connectivity index (χ2v) is 5.37. The lowest BCUT2D eigenvalue weighted by Crippen LogP contribution is -2.51. The fourth-order valence-electron chi connectivity index (χ4n) is 1.77. The third-order valence-electron chi connectivity index (χ3n) is 2.94. The molecule has 2 atom stereocenters. The van der Waals surface area contributed by atoms with Gasteiger partial charge in [0.25, 0.3) is 0 Å². The van der Waals surface area contributed by atoms with Crippen molar-refractivity contribution in [2.45, 2.75) is 31.8 Å². The van der Waals surface area contributed by atoms with E-state index in [1.807, 2.05) is 11.8 Å². The van der Waals surface area contributed by atoms with Crippen molar-refractivity contribution in [2.75, 3.05) is 18.1 Å². The first-order chi connectivity index (χ1) is 6.77. The van der Waals surface area contributed by atoms with E-state index in [0.29, 0.717) is 6.04 Å². The van der Waals surface area contributed by atoms with Gasteiger partial charge in [0.05, 0.1) is 6.04 Å². The molecule has 2 fully saturated rings. The number of carbonyl (C=O) groups is 1. The molecule has 2 rings (SSSR count). The van der Waals surface area contributed by atoms with E-state index < -0.39 is 0 Å². The van der Waals surface area contributed by atoms with Gasteiger partial charge in [0.15, 0.2) is 0 Å². The zero-order valence-corrected chi connectivity index (χ0v) is 9.40. The summed E-state index contributed by atoms with van der Waals surface area (Å²) in [7, 11) is 0. The van der Waals surface area contributed by atoms with Crippen LogP contribution in [0.3, 0.4) is 0 Å². The van der Waals surface area contributed by atoms with Gasteiger partial charge >= 0.3 is 0 Å². The molecule has 1 aliphatic heterocycles. The minimum atomic E-state index is 0.0370. The highest BCUT2D eigenvalue weighted by atomic mass is 32.2. The number of hydrogen-bond acceptors (Lipinski definition) is 3. The number of hydrogen-bond donors (Lipinski definition) is 2. The molecule has 1 heterocycles. The van der Waals surface area contributed by atoms with Gasteiger partial charge in [0.2, 0.25) is 5.91 Å². The predicted octanol–water partition coefficient (Wildman–Crippen LogP) is 0.606. The second kappa shape index (κ2) is 4.53. The first-order valence-corrected chi connectivity index (χ1v) is 6.54. The molecule has 2 unspecified atom stereocenters. The normalized spacial score (nSPS) is 29.6. The summed E-state index contributed by atoms with van der Waals surface area (Å²) in [5.74, 6) is 2.98. The van der Waals surface area contributed by atoms with E-state index in [4.69, 9.17) is 0 Å². The Kier molecular flexibility index (Phi) is 3.34. The maximum atomic E-state index is 11.8. The predicted molar refractivity (Wildman–Crippen MR) is 59.4 cm³/mol. The highest BCUT2D eigenvalue weighted by Gasteiger charge is 2.30. The van der Waals surface area contributed by atoms with Crippen LogP contribution in [0.25, 0.3) is 0 Å². The number of amides is 1. The Morgan fingerprint density at radius 1 is 1.57 bits per heavy atom. The zero-order valence-electron chi connectivity index (χ0n) is 8.58. The molecule has 0 aromatic carbocycles. The Balaban J connectivity index is 1.75. The first kappa shape index (κ1) is 10.3. The standard InChI is InChI=1S/C10H18N2OS/c1-7(8-2-3-8)12-10(13)9-6-14-5-4-11-9/h7-9,11H,2-6H2,1H3,(H,12,13). The molecule has 2 aliphatic rings. The summed E-state index contributed by atoms with van der Waals surface area (Å²) >= 11 is 1.86. The quantitative estimate of drug-likeness (QED) is 0.723. The maximum absolute atomic E-state index is 11.8. The van der Waals surface area contributed by atoms with E-state index in [-0.39, 0.29) is 11.9 Å². The maximum Gasteiger partial charge on any atom is 0.238 e. The smallest absolute Gasteiger partial charge is 0.238 e. The van der Waals surface area contributed by atoms with Crippen LogP contribution in [-0.2, 0) is 4.79 Å². The van der Waals surface area contributed by atoms with E-state index in [1.165, 1.54) is 12.8 Å². The van der Waals surface area contributed by atoms with Crippen molar-refractivity contribution >= 4 is 17.7 Å². The highest BCUT2D eigenvalue weighted by Crippen LogP contribution is 2.32. The molecule has 0 spiro atoms. The van der Waals surface area contributed by atoms with E-state index in [0.717, 1.165) is 24.0 Å². The summed E-state index contributed by atoms with van der Waals surface area (Å²) in [5, 5.41) is 6.35. The van der Waals surface area contributed by atoms with E-state index in [9.17, 15) is 4.79 Å². The average molecular weight is 214 g/mol. The zero-order chi connectivity index (χ0) is 9.97. The van der Waals surface area contributed by atoms with Gasteiger partial charge in [-0.15, -0.1) is 0 Å². The van der Waals surface area contributed by atoms with Crippen molar-refractivity contribution in [3.63, 3.8) is 0 Å². The van der Waals surface area contributed by atoms with Crippen molar-refractivity contribution < 1.29 is 4.79 Å². The number of thioether (sulfide) groups is 1. The monoisotopic (exact) mass is 214 g/mol. The Morgan fingerprint density at radius 2 is 2.36 bits per heavy atom. The third-order valence-corrected chi connectivity index (χ3v) is 4.00. The Hall–Kier alpha value is -0.220. The van der Waals surface area contributed by atoms with Gasteiger partial charge in [-0.3, -0.25) is 4.79 Å². The summed E-state index contributed by atoms with van der Waals surface area (Å²) in [6.07, 6.45) is 2.57. The van der Waals surface area contributed by atoms with E-state index in [2.05, 4.69) is 17.6 Å². The number of rotatable bonds is 3. The van der Waals surface area contributed by atoms with Gasteiger partial charge in [-0.25, -0.2) is 0 Å². The Labute approximate surface area is 89.4 Å². The van der Waals surface area contributed by atoms with Gasteiger partial charge in [0, 0.05) is 24.1 Å². The van der Waals surface area contributed by atoms with Crippen LogP contribution in [0.2, 0.25) is 0 Å². The van der Waals surface area contributed by atoms with Crippen LogP contribution in [-0.4, -0.2) is 36.0 Å². The van der Waals surface area contributed by atoms with Crippen molar-refractivity contribution in [2.24, 2.45) is 5.92 Å². The number of nitrogens with one attached hydrogen (secondary N) is 2. The van der Waals surface area contributed by atoms with Crippen LogP contribution in [0.15, 0.2) is 0 Å². The fourth-order valence-corrected chi connectivity index (χ4v) is 2.71. The second-order valence-electron chi connectivity index (χ2n) is 4.22. The molecule has 2 N–H and O–H groups in total. The van der Waals surface area contributed by atoms with Crippen LogP contribution < -0.4 is 10.6 Å². The summed E-state index contributed by atoms with van der Waals surface area (Å²) in [6.45, 7) is 3.08. The Bertz CT molecular complexity index is 212. The highest BCUT2D eigenvalue weighted by molar-refractivity contribution is 7.99. The van der Waals surface area contributed by atoms with Crippen molar-refractivity contribution in [1.29, 1.82) is 0 Å². The molecule has 0 aromatic rings. The molecule has 1 aliphatic carbocycles. The lowest BCUT2D eigenvalue weighted by atomic mass is 10.2. The lowest BCUT2D eigenvalue weighted by molar-refractivity contribution is -0.123. The van der Waals surface area contributed by atoms with Crippen LogP contribution >= 0.6 is 11.8 Å². The van der Waals surface area contributed by atoms with Crippen molar-refractivity contribution in [3.05, 3.63) is 0 Å². The molecule has 3 nitrogen and oxygen atoms in total. The summed E-state index contributed by atoms with van der Waals surface area (Å²) in [5.41, 5.74) is 0. The summed E-state index contributed by atoms with van der Waals surface area (Å²) in [4.78, 5) is 11.8. The topological polar surface area (TPSA) is 41.1 Å². The van der Waals surface area contributed by atoms with E-state index in [1.54, 1.807) is 0 Å². The molecule has 80 valence electrons. The lowest BCUT2D eigenvalue weighted by Gasteiger charge is -2.24. The van der Waals surface area contributed by atoms with Crippen LogP contribution in [0.4, 0.5) is 0 Å². The number of carbonyl (C=O) groups excluding carboxylic acids is 1. The molecular formula is C10H18N2OS. The van der Waals surface area contributed by atoms with Gasteiger partial charge in [0.1, 0.15) is 0 Å². The molecule has 1 saturated heterocycles. The molecule has 1 amide bonds. The molecule has 4 heteroatoms. The third kappa shape index (κ3) is 2.64. The first-order valence-electron chi connectivity index (χ1n) is 5.39. The van der Waals surface area contributed by atoms with Gasteiger partial charge < -0.3 is 10.6 Å². The molecule has 1 saturated carbocycles. The van der Waals surface area contributed by atoms with Crippen molar-refractivity contribution in [1.82, 2.24) is 10.6 Å². The minimum absolute atomic E-state index is 0.0370. The largest absolute Gasteiger partial charge is 0.352 e. The van der Waals surface area contributed by atoms with Crippen LogP contribution in [0, 0.1) is 5.92 Å². The molecule has 0 aromatic heterocycles. The van der Waals surface area contributed by atoms with Crippen LogP contribution in [0.5, 0.6) is 0 Å². The summed E-state index contributed by atoms with van der Waals surface area (Å²) < 4.78 is 0. The summed E-state index contributed by atoms with van der Waals surface area (Å²) in [6, 6.07) is 0.408. The molecular weight excluding hydrogens is 196 g/mol. The molecule has 0 bridgehead atoms. The minimum Gasteiger partial charge on any atom is -0.352 e. The fraction of sp³-hybridized carbons (Fsp3) is 0.900. The van der Waals surface area contributed by atoms with E-state index >= 15 is 0 Å². The average Bonchev–Trinajstić information content (AvgIpc) is 3.02. The van der Waals surface area contributed by atoms with Gasteiger partial charge in [-0.05, 0) is 25.7 Å². The molecule has 0 radical (unpaired) electrons. The van der Waals surface area contributed by atoms with Crippen molar-refractivity contribution in [3.8, 4) is 0 Å². The van der Waals surface area contributed by atoms with Gasteiger partial charge in [-0.1, -0.05) is 0 Å².